The molecule has 1 unspecified atom stereocenters. The van der Waals surface area contributed by atoms with Gasteiger partial charge in [0.25, 0.3) is 0 Å². The third-order valence-corrected chi connectivity index (χ3v) is 2.96. The van der Waals surface area contributed by atoms with Gasteiger partial charge in [-0.05, 0) is 37.0 Å². The monoisotopic (exact) mass is 230 g/mol. The zero-order valence-corrected chi connectivity index (χ0v) is 9.91. The lowest BCUT2D eigenvalue weighted by atomic mass is 10.1. The minimum absolute atomic E-state index is 0.0806. The summed E-state index contributed by atoms with van der Waals surface area (Å²) in [6.07, 6.45) is 6.59. The van der Waals surface area contributed by atoms with E-state index in [4.69, 9.17) is 10.1 Å². The average molecular weight is 230 g/mol. The second-order valence-corrected chi connectivity index (χ2v) is 4.19. The van der Waals surface area contributed by atoms with Crippen molar-refractivity contribution in [1.29, 1.82) is 5.41 Å². The van der Waals surface area contributed by atoms with Crippen molar-refractivity contribution < 1.29 is 4.74 Å². The van der Waals surface area contributed by atoms with Crippen molar-refractivity contribution in [3.8, 4) is 0 Å². The van der Waals surface area contributed by atoms with E-state index >= 15 is 0 Å². The van der Waals surface area contributed by atoms with Crippen molar-refractivity contribution in [1.82, 2.24) is 0 Å². The van der Waals surface area contributed by atoms with Gasteiger partial charge >= 0.3 is 0 Å². The standard InChI is InChI=1S/C14H18N2O/c1-2-11-6-7-13(12(9-11)10-15)16-14-5-3-4-8-17-14/h2,6-7,9-10,14-16H,1,3-5,8H2. The van der Waals surface area contributed by atoms with Gasteiger partial charge < -0.3 is 15.5 Å². The minimum Gasteiger partial charge on any atom is -0.360 e. The molecule has 0 spiro atoms. The van der Waals surface area contributed by atoms with E-state index in [-0.39, 0.29) is 6.23 Å². The minimum atomic E-state index is 0.0806. The lowest BCUT2D eigenvalue weighted by molar-refractivity contribution is 0.0343. The van der Waals surface area contributed by atoms with Crippen LogP contribution >= 0.6 is 0 Å². The number of benzene rings is 1. The fraction of sp³-hybridized carbons (Fsp3) is 0.357. The van der Waals surface area contributed by atoms with Crippen molar-refractivity contribution >= 4 is 18.0 Å². The molecule has 0 aromatic heterocycles. The lowest BCUT2D eigenvalue weighted by Gasteiger charge is -2.25. The first-order valence-electron chi connectivity index (χ1n) is 5.98. The third-order valence-electron chi connectivity index (χ3n) is 2.96. The first kappa shape index (κ1) is 11.9. The van der Waals surface area contributed by atoms with Gasteiger partial charge in [0.05, 0.1) is 0 Å². The molecule has 1 aromatic rings. The van der Waals surface area contributed by atoms with E-state index in [2.05, 4.69) is 11.9 Å². The summed E-state index contributed by atoms with van der Waals surface area (Å²) >= 11 is 0. The number of anilines is 1. The molecule has 0 bridgehead atoms. The number of rotatable bonds is 4. The number of hydrogen-bond acceptors (Lipinski definition) is 3. The maximum Gasteiger partial charge on any atom is 0.127 e. The van der Waals surface area contributed by atoms with E-state index < -0.39 is 0 Å². The Morgan fingerprint density at radius 1 is 1.41 bits per heavy atom. The van der Waals surface area contributed by atoms with E-state index in [1.54, 1.807) is 6.08 Å². The van der Waals surface area contributed by atoms with Crippen LogP contribution in [-0.4, -0.2) is 19.0 Å². The van der Waals surface area contributed by atoms with E-state index in [9.17, 15) is 0 Å². The maximum atomic E-state index is 7.43. The highest BCUT2D eigenvalue weighted by atomic mass is 16.5. The van der Waals surface area contributed by atoms with Gasteiger partial charge in [0, 0.05) is 24.1 Å². The number of ether oxygens (including phenoxy) is 1. The summed E-state index contributed by atoms with van der Waals surface area (Å²) in [5.41, 5.74) is 2.85. The average Bonchev–Trinajstić information content (AvgIpc) is 2.40. The highest BCUT2D eigenvalue weighted by molar-refractivity contribution is 5.87. The van der Waals surface area contributed by atoms with Crippen LogP contribution in [0.15, 0.2) is 24.8 Å². The first-order chi connectivity index (χ1) is 8.33. The van der Waals surface area contributed by atoms with Crippen LogP contribution in [0.4, 0.5) is 5.69 Å². The summed E-state index contributed by atoms with van der Waals surface area (Å²) in [4.78, 5) is 0. The maximum absolute atomic E-state index is 7.43. The van der Waals surface area contributed by atoms with Gasteiger partial charge in [0.15, 0.2) is 0 Å². The van der Waals surface area contributed by atoms with Gasteiger partial charge in [-0.2, -0.15) is 0 Å². The Labute approximate surface area is 102 Å². The quantitative estimate of drug-likeness (QED) is 0.780. The highest BCUT2D eigenvalue weighted by Crippen LogP contribution is 2.21. The Morgan fingerprint density at radius 2 is 2.29 bits per heavy atom. The van der Waals surface area contributed by atoms with E-state index in [0.29, 0.717) is 0 Å². The predicted octanol–water partition coefficient (Wildman–Crippen LogP) is 3.27. The molecular weight excluding hydrogens is 212 g/mol. The van der Waals surface area contributed by atoms with Crippen molar-refractivity contribution in [2.75, 3.05) is 11.9 Å². The van der Waals surface area contributed by atoms with Gasteiger partial charge in [0.2, 0.25) is 0 Å². The van der Waals surface area contributed by atoms with E-state index in [0.717, 1.165) is 36.3 Å². The van der Waals surface area contributed by atoms with E-state index in [1.807, 2.05) is 18.2 Å². The Bertz CT molecular complexity index is 409. The topological polar surface area (TPSA) is 45.1 Å². The van der Waals surface area contributed by atoms with Crippen LogP contribution < -0.4 is 5.32 Å². The summed E-state index contributed by atoms with van der Waals surface area (Å²) in [6.45, 7) is 4.55. The largest absolute Gasteiger partial charge is 0.360 e. The molecule has 2 rings (SSSR count). The molecule has 90 valence electrons. The Balaban J connectivity index is 2.13. The number of nitrogens with one attached hydrogen (secondary N) is 2. The Kier molecular flexibility index (Phi) is 3.94. The van der Waals surface area contributed by atoms with Crippen LogP contribution in [0.25, 0.3) is 6.08 Å². The highest BCUT2D eigenvalue weighted by Gasteiger charge is 2.14. The summed E-state index contributed by atoms with van der Waals surface area (Å²) in [6, 6.07) is 5.92. The molecule has 1 fully saturated rings. The molecule has 17 heavy (non-hydrogen) atoms. The molecule has 0 radical (unpaired) electrons. The van der Waals surface area contributed by atoms with Crippen molar-refractivity contribution in [3.05, 3.63) is 35.9 Å². The van der Waals surface area contributed by atoms with Gasteiger partial charge in [-0.15, -0.1) is 0 Å². The molecule has 3 nitrogen and oxygen atoms in total. The van der Waals surface area contributed by atoms with Gasteiger partial charge in [-0.3, -0.25) is 0 Å². The molecule has 1 aliphatic rings. The smallest absolute Gasteiger partial charge is 0.127 e. The van der Waals surface area contributed by atoms with Crippen LogP contribution in [0.5, 0.6) is 0 Å². The summed E-state index contributed by atoms with van der Waals surface area (Å²) in [5.74, 6) is 0. The Hall–Kier alpha value is -1.61. The Morgan fingerprint density at radius 3 is 2.94 bits per heavy atom. The molecule has 0 amide bonds. The normalized spacial score (nSPS) is 19.6. The van der Waals surface area contributed by atoms with Crippen molar-refractivity contribution in [2.24, 2.45) is 0 Å². The van der Waals surface area contributed by atoms with E-state index in [1.165, 1.54) is 12.6 Å². The van der Waals surface area contributed by atoms with Gasteiger partial charge in [-0.25, -0.2) is 0 Å². The predicted molar refractivity (Wildman–Crippen MR) is 71.6 cm³/mol. The molecule has 0 aliphatic carbocycles. The molecule has 3 heteroatoms. The molecular formula is C14H18N2O. The molecule has 1 saturated heterocycles. The molecule has 1 atom stereocenters. The molecule has 1 aromatic carbocycles. The van der Waals surface area contributed by atoms with Crippen molar-refractivity contribution in [2.45, 2.75) is 25.5 Å². The van der Waals surface area contributed by atoms with Crippen LogP contribution in [-0.2, 0) is 4.74 Å². The summed E-state index contributed by atoms with van der Waals surface area (Å²) in [5, 5.41) is 10.8. The molecule has 1 heterocycles. The molecule has 2 N–H and O–H groups in total. The third kappa shape index (κ3) is 2.94. The van der Waals surface area contributed by atoms with Crippen LogP contribution in [0.3, 0.4) is 0 Å². The molecule has 0 saturated carbocycles. The van der Waals surface area contributed by atoms with Crippen LogP contribution in [0, 0.1) is 5.41 Å². The zero-order valence-electron chi connectivity index (χ0n) is 9.91. The fourth-order valence-electron chi connectivity index (χ4n) is 1.99. The second kappa shape index (κ2) is 5.64. The first-order valence-corrected chi connectivity index (χ1v) is 5.98. The lowest BCUT2D eigenvalue weighted by Crippen LogP contribution is -2.27. The van der Waals surface area contributed by atoms with Gasteiger partial charge in [-0.1, -0.05) is 18.7 Å². The van der Waals surface area contributed by atoms with Crippen LogP contribution in [0.2, 0.25) is 0 Å². The SMILES string of the molecule is C=Cc1ccc(NC2CCCCO2)c(C=N)c1. The fourth-order valence-corrected chi connectivity index (χ4v) is 1.99. The molecule has 1 aliphatic heterocycles. The summed E-state index contributed by atoms with van der Waals surface area (Å²) < 4.78 is 5.63. The zero-order chi connectivity index (χ0) is 12.1. The summed E-state index contributed by atoms with van der Waals surface area (Å²) in [7, 11) is 0. The van der Waals surface area contributed by atoms with Crippen molar-refractivity contribution in [3.63, 3.8) is 0 Å². The second-order valence-electron chi connectivity index (χ2n) is 4.19. The van der Waals surface area contributed by atoms with Gasteiger partial charge in [0.1, 0.15) is 6.23 Å². The number of hydrogen-bond donors (Lipinski definition) is 2. The van der Waals surface area contributed by atoms with Crippen LogP contribution in [0.1, 0.15) is 30.4 Å².